The van der Waals surface area contributed by atoms with Gasteiger partial charge in [0.05, 0.1) is 11.9 Å². The first-order valence-corrected chi connectivity index (χ1v) is 8.75. The highest BCUT2D eigenvalue weighted by Gasteiger charge is 2.08. The molecule has 3 heterocycles. The summed E-state index contributed by atoms with van der Waals surface area (Å²) >= 11 is 0. The lowest BCUT2D eigenvalue weighted by Gasteiger charge is -2.11. The Morgan fingerprint density at radius 1 is 0.962 bits per heavy atom. The zero-order valence-corrected chi connectivity index (χ0v) is 15.0. The minimum Gasteiger partial charge on any atom is -0.370 e. The van der Waals surface area contributed by atoms with E-state index in [4.69, 9.17) is 4.98 Å². The lowest BCUT2D eigenvalue weighted by Crippen LogP contribution is -2.10. The van der Waals surface area contributed by atoms with E-state index in [0.717, 1.165) is 41.3 Å². The van der Waals surface area contributed by atoms with Crippen molar-refractivity contribution in [2.45, 2.75) is 20.3 Å². The Balaban J connectivity index is 1.59. The van der Waals surface area contributed by atoms with Crippen LogP contribution in [0.15, 0.2) is 61.1 Å². The Bertz CT molecular complexity index is 1030. The summed E-state index contributed by atoms with van der Waals surface area (Å²) in [5.41, 5.74) is 6.44. The lowest BCUT2D eigenvalue weighted by molar-refractivity contribution is 0.914. The fourth-order valence-electron chi connectivity index (χ4n) is 2.97. The first-order chi connectivity index (χ1) is 12.7. The summed E-state index contributed by atoms with van der Waals surface area (Å²) in [7, 11) is 0. The zero-order valence-electron chi connectivity index (χ0n) is 15.0. The summed E-state index contributed by atoms with van der Waals surface area (Å²) in [4.78, 5) is 8.99. The van der Waals surface area contributed by atoms with Crippen LogP contribution in [-0.4, -0.2) is 26.1 Å². The fraction of sp³-hybridized carbons (Fsp3) is 0.190. The van der Waals surface area contributed by atoms with Gasteiger partial charge in [0.25, 0.3) is 0 Å². The lowest BCUT2D eigenvalue weighted by atomic mass is 10.1. The molecule has 4 aromatic rings. The van der Waals surface area contributed by atoms with Gasteiger partial charge in [0.15, 0.2) is 5.65 Å². The summed E-state index contributed by atoms with van der Waals surface area (Å²) in [6.45, 7) is 4.97. The maximum Gasteiger partial charge on any atom is 0.157 e. The van der Waals surface area contributed by atoms with Gasteiger partial charge < -0.3 is 5.32 Å². The molecule has 0 bridgehead atoms. The normalized spacial score (nSPS) is 11.0. The molecule has 0 saturated heterocycles. The Morgan fingerprint density at radius 2 is 1.81 bits per heavy atom. The van der Waals surface area contributed by atoms with E-state index in [1.165, 1.54) is 11.1 Å². The van der Waals surface area contributed by atoms with Gasteiger partial charge in [0.2, 0.25) is 0 Å². The van der Waals surface area contributed by atoms with Crippen LogP contribution in [0.25, 0.3) is 16.9 Å². The maximum atomic E-state index is 4.70. The third-order valence-corrected chi connectivity index (χ3v) is 4.37. The molecule has 1 aromatic carbocycles. The SMILES string of the molecule is Cc1ccc(CCNc2cc(-c3cncc(C)c3)nc3ccnn23)cc1. The number of hydrogen-bond donors (Lipinski definition) is 1. The van der Waals surface area contributed by atoms with E-state index in [9.17, 15) is 0 Å². The number of aryl methyl sites for hydroxylation is 2. The first kappa shape index (κ1) is 16.3. The predicted molar refractivity (Wildman–Crippen MR) is 104 cm³/mol. The highest BCUT2D eigenvalue weighted by Crippen LogP contribution is 2.22. The van der Waals surface area contributed by atoms with E-state index >= 15 is 0 Å². The molecule has 0 saturated carbocycles. The monoisotopic (exact) mass is 343 g/mol. The van der Waals surface area contributed by atoms with E-state index in [1.54, 1.807) is 6.20 Å². The van der Waals surface area contributed by atoms with E-state index in [1.807, 2.05) is 36.0 Å². The zero-order chi connectivity index (χ0) is 17.9. The third kappa shape index (κ3) is 3.42. The molecule has 0 aliphatic carbocycles. The van der Waals surface area contributed by atoms with Crippen LogP contribution < -0.4 is 5.32 Å². The number of rotatable bonds is 5. The summed E-state index contributed by atoms with van der Waals surface area (Å²) in [6, 6.07) is 14.7. The van der Waals surface area contributed by atoms with Gasteiger partial charge >= 0.3 is 0 Å². The van der Waals surface area contributed by atoms with Crippen LogP contribution >= 0.6 is 0 Å². The van der Waals surface area contributed by atoms with Crippen LogP contribution in [0.4, 0.5) is 5.82 Å². The van der Waals surface area contributed by atoms with Crippen molar-refractivity contribution in [3.8, 4) is 11.3 Å². The molecule has 0 fully saturated rings. The molecule has 0 aliphatic heterocycles. The Kier molecular flexibility index (Phi) is 4.35. The van der Waals surface area contributed by atoms with Gasteiger partial charge in [-0.15, -0.1) is 0 Å². The molecule has 130 valence electrons. The summed E-state index contributed by atoms with van der Waals surface area (Å²) < 4.78 is 1.84. The van der Waals surface area contributed by atoms with Gasteiger partial charge in [0.1, 0.15) is 5.82 Å². The average molecular weight is 343 g/mol. The summed E-state index contributed by atoms with van der Waals surface area (Å²) in [5.74, 6) is 0.934. The average Bonchev–Trinajstić information content (AvgIpc) is 3.12. The topological polar surface area (TPSA) is 55.1 Å². The minimum atomic E-state index is 0.821. The van der Waals surface area contributed by atoms with Gasteiger partial charge in [-0.2, -0.15) is 9.61 Å². The van der Waals surface area contributed by atoms with Gasteiger partial charge in [-0.25, -0.2) is 4.98 Å². The molecule has 5 heteroatoms. The van der Waals surface area contributed by atoms with E-state index in [-0.39, 0.29) is 0 Å². The van der Waals surface area contributed by atoms with Crippen LogP contribution in [0, 0.1) is 13.8 Å². The molecule has 0 atom stereocenters. The molecular formula is C21H21N5. The number of aromatic nitrogens is 4. The van der Waals surface area contributed by atoms with Crippen molar-refractivity contribution in [3.05, 3.63) is 77.7 Å². The summed E-state index contributed by atoms with van der Waals surface area (Å²) in [6.07, 6.45) is 6.42. The Morgan fingerprint density at radius 3 is 2.62 bits per heavy atom. The predicted octanol–water partition coefficient (Wildman–Crippen LogP) is 4.06. The summed E-state index contributed by atoms with van der Waals surface area (Å²) in [5, 5.41) is 7.89. The second-order valence-electron chi connectivity index (χ2n) is 6.54. The standard InChI is InChI=1S/C21H21N5/c1-15-3-5-17(6-4-15)7-9-23-21-12-19(18-11-16(2)13-22-14-18)25-20-8-10-24-26(20)21/h3-6,8,10-14,23H,7,9H2,1-2H3. The molecule has 0 aliphatic rings. The van der Waals surface area contributed by atoms with E-state index < -0.39 is 0 Å². The largest absolute Gasteiger partial charge is 0.370 e. The van der Waals surface area contributed by atoms with Crippen molar-refractivity contribution in [2.75, 3.05) is 11.9 Å². The van der Waals surface area contributed by atoms with Crippen molar-refractivity contribution in [1.29, 1.82) is 0 Å². The molecular weight excluding hydrogens is 322 g/mol. The van der Waals surface area contributed by atoms with E-state index in [2.05, 4.69) is 52.7 Å². The molecule has 5 nitrogen and oxygen atoms in total. The third-order valence-electron chi connectivity index (χ3n) is 4.37. The minimum absolute atomic E-state index is 0.821. The second-order valence-corrected chi connectivity index (χ2v) is 6.54. The number of nitrogens with zero attached hydrogens (tertiary/aromatic N) is 4. The number of nitrogens with one attached hydrogen (secondary N) is 1. The van der Waals surface area contributed by atoms with Crippen LogP contribution in [0.2, 0.25) is 0 Å². The number of fused-ring (bicyclic) bond motifs is 1. The molecule has 1 N–H and O–H groups in total. The molecule has 0 unspecified atom stereocenters. The first-order valence-electron chi connectivity index (χ1n) is 8.75. The van der Waals surface area contributed by atoms with E-state index in [0.29, 0.717) is 0 Å². The molecule has 3 aromatic heterocycles. The van der Waals surface area contributed by atoms with Gasteiger partial charge in [-0.05, 0) is 37.5 Å². The van der Waals surface area contributed by atoms with Crippen molar-refractivity contribution in [1.82, 2.24) is 19.6 Å². The van der Waals surface area contributed by atoms with Gasteiger partial charge in [0, 0.05) is 36.6 Å². The fourth-order valence-corrected chi connectivity index (χ4v) is 2.97. The smallest absolute Gasteiger partial charge is 0.157 e. The number of anilines is 1. The highest BCUT2D eigenvalue weighted by molar-refractivity contribution is 5.66. The molecule has 0 amide bonds. The molecule has 4 rings (SSSR count). The molecule has 26 heavy (non-hydrogen) atoms. The quantitative estimate of drug-likeness (QED) is 0.594. The van der Waals surface area contributed by atoms with Crippen molar-refractivity contribution < 1.29 is 0 Å². The van der Waals surface area contributed by atoms with Crippen LogP contribution in [0.1, 0.15) is 16.7 Å². The van der Waals surface area contributed by atoms with Gasteiger partial charge in [-0.1, -0.05) is 29.8 Å². The van der Waals surface area contributed by atoms with Gasteiger partial charge in [-0.3, -0.25) is 4.98 Å². The number of benzene rings is 1. The highest BCUT2D eigenvalue weighted by atomic mass is 15.3. The second kappa shape index (κ2) is 6.96. The Labute approximate surface area is 152 Å². The molecule has 0 spiro atoms. The van der Waals surface area contributed by atoms with Crippen molar-refractivity contribution in [3.63, 3.8) is 0 Å². The number of hydrogen-bond acceptors (Lipinski definition) is 4. The maximum absolute atomic E-state index is 4.70. The van der Waals surface area contributed by atoms with Crippen molar-refractivity contribution >= 4 is 11.5 Å². The van der Waals surface area contributed by atoms with Crippen LogP contribution in [-0.2, 0) is 6.42 Å². The molecule has 0 radical (unpaired) electrons. The van der Waals surface area contributed by atoms with Crippen molar-refractivity contribution in [2.24, 2.45) is 0 Å². The van der Waals surface area contributed by atoms with Crippen LogP contribution in [0.5, 0.6) is 0 Å². The Hall–Kier alpha value is -3.21. The number of pyridine rings is 1. The van der Waals surface area contributed by atoms with Crippen LogP contribution in [0.3, 0.4) is 0 Å².